The van der Waals surface area contributed by atoms with Gasteiger partial charge in [0.15, 0.2) is 0 Å². The molecule has 1 rings (SSSR count). The zero-order chi connectivity index (χ0) is 21.3. The van der Waals surface area contributed by atoms with Crippen molar-refractivity contribution in [3.63, 3.8) is 0 Å². The smallest absolute Gasteiger partial charge is 0.337 e. The minimum atomic E-state index is -0.447. The topological polar surface area (TPSA) is 81.4 Å². The molecule has 0 spiro atoms. The van der Waals surface area contributed by atoms with Crippen molar-refractivity contribution in [2.75, 3.05) is 18.2 Å². The summed E-state index contributed by atoms with van der Waals surface area (Å²) < 4.78 is 4.70. The Balaban J connectivity index is 2.07. The second-order valence-corrected chi connectivity index (χ2v) is 7.83. The van der Waals surface area contributed by atoms with E-state index in [9.17, 15) is 9.59 Å². The van der Waals surface area contributed by atoms with Gasteiger partial charge in [-0.25, -0.2) is 4.79 Å². The number of amides is 1. The van der Waals surface area contributed by atoms with Gasteiger partial charge < -0.3 is 15.8 Å². The van der Waals surface area contributed by atoms with Crippen LogP contribution >= 0.6 is 0 Å². The zero-order valence-corrected chi connectivity index (χ0v) is 18.4. The number of carbonyl (C=O) groups is 2. The fraction of sp³-hybridized carbons (Fsp3) is 0.667. The van der Waals surface area contributed by atoms with Crippen LogP contribution in [0.2, 0.25) is 0 Å². The number of nitrogens with two attached hydrogens (primary N) is 1. The predicted molar refractivity (Wildman–Crippen MR) is 121 cm³/mol. The van der Waals surface area contributed by atoms with Crippen LogP contribution in [0.25, 0.3) is 0 Å². The van der Waals surface area contributed by atoms with Crippen LogP contribution in [0, 0.1) is 0 Å². The molecule has 0 radical (unpaired) electrons. The van der Waals surface area contributed by atoms with Gasteiger partial charge in [0.1, 0.15) is 0 Å². The number of ether oxygens (including phenoxy) is 1. The van der Waals surface area contributed by atoms with Crippen molar-refractivity contribution in [1.82, 2.24) is 0 Å². The monoisotopic (exact) mass is 404 g/mol. The Hall–Kier alpha value is -2.04. The Morgan fingerprint density at radius 2 is 1.38 bits per heavy atom. The molecule has 0 aliphatic rings. The van der Waals surface area contributed by atoms with Crippen LogP contribution < -0.4 is 11.1 Å². The average molecular weight is 405 g/mol. The standard InChI is InChI=1S/C24H40N2O3/c1-3-4-5-6-7-8-9-10-11-12-13-14-15-16-23(27)26-22-19-20(24(28)29-2)17-18-21(22)25/h17-19H,3-16,25H2,1-2H3,(H,26,27). The van der Waals surface area contributed by atoms with Crippen LogP contribution in [0.5, 0.6) is 0 Å². The first kappa shape index (κ1) is 25.0. The number of carbonyl (C=O) groups excluding carboxylic acids is 2. The van der Waals surface area contributed by atoms with Gasteiger partial charge in [-0.1, -0.05) is 84.0 Å². The minimum Gasteiger partial charge on any atom is -0.465 e. The Labute approximate surface area is 176 Å². The van der Waals surface area contributed by atoms with E-state index >= 15 is 0 Å². The highest BCUT2D eigenvalue weighted by molar-refractivity contribution is 5.97. The van der Waals surface area contributed by atoms with E-state index in [2.05, 4.69) is 12.2 Å². The molecule has 1 amide bonds. The molecule has 5 heteroatoms. The fourth-order valence-corrected chi connectivity index (χ4v) is 3.43. The molecule has 0 aromatic heterocycles. The number of nitrogen functional groups attached to an aromatic ring is 1. The van der Waals surface area contributed by atoms with E-state index in [0.717, 1.165) is 12.8 Å². The molecule has 0 atom stereocenters. The van der Waals surface area contributed by atoms with E-state index in [0.29, 0.717) is 23.4 Å². The van der Waals surface area contributed by atoms with Crippen LogP contribution in [0.4, 0.5) is 11.4 Å². The lowest BCUT2D eigenvalue weighted by Gasteiger charge is -2.10. The molecule has 0 heterocycles. The number of nitrogens with one attached hydrogen (secondary N) is 1. The lowest BCUT2D eigenvalue weighted by Crippen LogP contribution is -2.13. The maximum absolute atomic E-state index is 12.1. The van der Waals surface area contributed by atoms with Gasteiger partial charge in [-0.2, -0.15) is 0 Å². The summed E-state index contributed by atoms with van der Waals surface area (Å²) in [5.41, 5.74) is 7.17. The molecule has 0 aliphatic carbocycles. The van der Waals surface area contributed by atoms with Gasteiger partial charge in [0.2, 0.25) is 5.91 Å². The molecule has 0 fully saturated rings. The molecule has 1 aromatic carbocycles. The number of esters is 1. The number of anilines is 2. The lowest BCUT2D eigenvalue weighted by atomic mass is 10.0. The van der Waals surface area contributed by atoms with Gasteiger partial charge in [0.05, 0.1) is 24.0 Å². The van der Waals surface area contributed by atoms with Crippen molar-refractivity contribution in [2.45, 2.75) is 96.8 Å². The molecule has 3 N–H and O–H groups in total. The summed E-state index contributed by atoms with van der Waals surface area (Å²) in [5, 5.41) is 2.80. The van der Waals surface area contributed by atoms with Crippen molar-refractivity contribution in [2.24, 2.45) is 0 Å². The highest BCUT2D eigenvalue weighted by Crippen LogP contribution is 2.21. The maximum atomic E-state index is 12.1. The molecule has 0 bridgehead atoms. The summed E-state index contributed by atoms with van der Waals surface area (Å²) in [7, 11) is 1.32. The van der Waals surface area contributed by atoms with Crippen LogP contribution in [0.15, 0.2) is 18.2 Å². The van der Waals surface area contributed by atoms with Crippen molar-refractivity contribution in [1.29, 1.82) is 0 Å². The minimum absolute atomic E-state index is 0.0678. The zero-order valence-electron chi connectivity index (χ0n) is 18.4. The molecular formula is C24H40N2O3. The summed E-state index contributed by atoms with van der Waals surface area (Å²) in [5.74, 6) is -0.515. The second kappa shape index (κ2) is 15.8. The quantitative estimate of drug-likeness (QED) is 0.188. The number of hydrogen-bond acceptors (Lipinski definition) is 4. The highest BCUT2D eigenvalue weighted by atomic mass is 16.5. The molecule has 0 unspecified atom stereocenters. The molecule has 0 aliphatic heterocycles. The highest BCUT2D eigenvalue weighted by Gasteiger charge is 2.10. The van der Waals surface area contributed by atoms with E-state index in [-0.39, 0.29) is 5.91 Å². The molecule has 0 saturated heterocycles. The number of unbranched alkanes of at least 4 members (excludes halogenated alkanes) is 12. The number of rotatable bonds is 16. The SMILES string of the molecule is CCCCCCCCCCCCCCCC(=O)Nc1cc(C(=O)OC)ccc1N. The molecule has 1 aromatic rings. The van der Waals surface area contributed by atoms with Crippen LogP contribution in [-0.2, 0) is 9.53 Å². The van der Waals surface area contributed by atoms with Crippen LogP contribution in [0.3, 0.4) is 0 Å². The third kappa shape index (κ3) is 11.5. The van der Waals surface area contributed by atoms with E-state index in [4.69, 9.17) is 10.5 Å². The maximum Gasteiger partial charge on any atom is 0.337 e. The van der Waals surface area contributed by atoms with E-state index in [1.807, 2.05) is 0 Å². The van der Waals surface area contributed by atoms with E-state index < -0.39 is 5.97 Å². The van der Waals surface area contributed by atoms with Gasteiger partial charge in [-0.05, 0) is 24.6 Å². The molecule has 5 nitrogen and oxygen atoms in total. The normalized spacial score (nSPS) is 10.7. The Kier molecular flexibility index (Phi) is 13.6. The molecular weight excluding hydrogens is 364 g/mol. The first-order valence-corrected chi connectivity index (χ1v) is 11.4. The van der Waals surface area contributed by atoms with E-state index in [1.54, 1.807) is 18.2 Å². The Bertz CT molecular complexity index is 602. The van der Waals surface area contributed by atoms with Gasteiger partial charge in [-0.3, -0.25) is 4.79 Å². The summed E-state index contributed by atoms with van der Waals surface area (Å²) in [4.78, 5) is 23.7. The van der Waals surface area contributed by atoms with Crippen molar-refractivity contribution in [3.05, 3.63) is 23.8 Å². The summed E-state index contributed by atoms with van der Waals surface area (Å²) in [6, 6.07) is 4.75. The summed E-state index contributed by atoms with van der Waals surface area (Å²) in [6.07, 6.45) is 17.1. The Morgan fingerprint density at radius 3 is 1.90 bits per heavy atom. The average Bonchev–Trinajstić information content (AvgIpc) is 2.72. The number of methoxy groups -OCH3 is 1. The summed E-state index contributed by atoms with van der Waals surface area (Å²) in [6.45, 7) is 2.26. The van der Waals surface area contributed by atoms with Gasteiger partial charge in [-0.15, -0.1) is 0 Å². The van der Waals surface area contributed by atoms with Crippen molar-refractivity contribution < 1.29 is 14.3 Å². The third-order valence-corrected chi connectivity index (χ3v) is 5.26. The second-order valence-electron chi connectivity index (χ2n) is 7.83. The molecule has 0 saturated carbocycles. The van der Waals surface area contributed by atoms with E-state index in [1.165, 1.54) is 77.7 Å². The summed E-state index contributed by atoms with van der Waals surface area (Å²) >= 11 is 0. The van der Waals surface area contributed by atoms with Gasteiger partial charge in [0.25, 0.3) is 0 Å². The molecule has 164 valence electrons. The molecule has 29 heavy (non-hydrogen) atoms. The lowest BCUT2D eigenvalue weighted by molar-refractivity contribution is -0.116. The van der Waals surface area contributed by atoms with Crippen LogP contribution in [0.1, 0.15) is 107 Å². The fourth-order valence-electron chi connectivity index (χ4n) is 3.43. The number of hydrogen-bond donors (Lipinski definition) is 2. The van der Waals surface area contributed by atoms with Gasteiger partial charge in [0, 0.05) is 6.42 Å². The van der Waals surface area contributed by atoms with Gasteiger partial charge >= 0.3 is 5.97 Å². The largest absolute Gasteiger partial charge is 0.465 e. The number of benzene rings is 1. The first-order valence-electron chi connectivity index (χ1n) is 11.4. The van der Waals surface area contributed by atoms with Crippen molar-refractivity contribution >= 4 is 23.3 Å². The first-order chi connectivity index (χ1) is 14.1. The third-order valence-electron chi connectivity index (χ3n) is 5.26. The van der Waals surface area contributed by atoms with Crippen LogP contribution in [-0.4, -0.2) is 19.0 Å². The Morgan fingerprint density at radius 1 is 0.862 bits per heavy atom. The van der Waals surface area contributed by atoms with Crippen molar-refractivity contribution in [3.8, 4) is 0 Å². The predicted octanol–water partition coefficient (Wildman–Crippen LogP) is 6.48.